The summed E-state index contributed by atoms with van der Waals surface area (Å²) in [6, 6.07) is 11.7. The lowest BCUT2D eigenvalue weighted by Crippen LogP contribution is -2.29. The first-order valence-electron chi connectivity index (χ1n) is 14.5. The van der Waals surface area contributed by atoms with E-state index >= 15 is 0 Å². The van der Waals surface area contributed by atoms with E-state index in [9.17, 15) is 86.4 Å². The molecule has 0 heterocycles. The molecule has 0 N–H and O–H groups in total. The zero-order valence-corrected chi connectivity index (χ0v) is 30.4. The molecule has 0 radical (unpaired) electrons. The molecule has 0 saturated heterocycles. The number of alkyl halides is 12. The van der Waals surface area contributed by atoms with Gasteiger partial charge in [0.25, 0.3) is 0 Å². The maximum atomic E-state index is 13.3. The van der Waals surface area contributed by atoms with E-state index < -0.39 is 96.6 Å². The smallest absolute Gasteiger partial charge is 0.376 e. The van der Waals surface area contributed by atoms with Crippen LogP contribution in [0.2, 0.25) is 0 Å². The van der Waals surface area contributed by atoms with Crippen LogP contribution in [0.5, 0.6) is 23.0 Å². The summed E-state index contributed by atoms with van der Waals surface area (Å²) in [5.41, 5.74) is -26.4. The van der Waals surface area contributed by atoms with Crippen molar-refractivity contribution in [2.75, 3.05) is 0 Å². The van der Waals surface area contributed by atoms with Crippen LogP contribution in [0.25, 0.3) is 43.8 Å². The minimum atomic E-state index is -6.60. The van der Waals surface area contributed by atoms with Crippen molar-refractivity contribution in [1.82, 2.24) is 0 Å². The highest BCUT2D eigenvalue weighted by molar-refractivity contribution is 7.88. The van der Waals surface area contributed by atoms with Gasteiger partial charge in [0.15, 0.2) is 0 Å². The maximum absolute atomic E-state index is 13.3. The highest BCUT2D eigenvalue weighted by Crippen LogP contribution is 2.47. The largest absolute Gasteiger partial charge is 0.534 e. The van der Waals surface area contributed by atoms with Gasteiger partial charge in [0.05, 0.1) is 0 Å². The molecule has 314 valence electrons. The molecule has 28 heteroatoms. The normalized spacial score (nSPS) is 13.7. The Kier molecular flexibility index (Phi) is 10.8. The third-order valence-corrected chi connectivity index (χ3v) is 11.1. The van der Waals surface area contributed by atoms with Crippen molar-refractivity contribution in [1.29, 1.82) is 0 Å². The second kappa shape index (κ2) is 14.3. The van der Waals surface area contributed by atoms with E-state index in [4.69, 9.17) is 0 Å². The van der Waals surface area contributed by atoms with Crippen LogP contribution in [0.15, 0.2) is 84.9 Å². The molecule has 5 aromatic rings. The molecule has 0 fully saturated rings. The third kappa shape index (κ3) is 8.63. The summed E-state index contributed by atoms with van der Waals surface area (Å²) in [7, 11) is -26.4. The highest BCUT2D eigenvalue weighted by Gasteiger charge is 2.51. The molecule has 0 aliphatic rings. The van der Waals surface area contributed by atoms with Gasteiger partial charge in [0, 0.05) is 12.1 Å². The topological polar surface area (TPSA) is 173 Å². The Hall–Kier alpha value is -5.22. The Bertz CT molecular complexity index is 2520. The minimum absolute atomic E-state index is 0.0475. The fraction of sp³-hybridized carbons (Fsp3) is 0.133. The first-order valence-corrected chi connectivity index (χ1v) is 20.2. The summed E-state index contributed by atoms with van der Waals surface area (Å²) in [5.74, 6) is -5.82. The average molecular weight is 923 g/mol. The number of fused-ring (bicyclic) bond motifs is 2. The molecule has 0 aromatic heterocycles. The quantitative estimate of drug-likeness (QED) is 0.0569. The first kappa shape index (κ1) is 43.9. The van der Waals surface area contributed by atoms with Crippen LogP contribution in [0.4, 0.5) is 52.7 Å². The SMILES string of the molecule is O=S(=O)(Oc1cc(OS(=O)(=O)C(F)(F)F)cc(-c2c3ccccc3c(-c3cc(OS(=O)(=O)C(F)(F)F)cc(OS(=O)(=O)C(F)(F)F)c3)c3ccccc23)c1)C(F)(F)F. The van der Waals surface area contributed by atoms with Crippen molar-refractivity contribution in [2.45, 2.75) is 22.0 Å². The Labute approximate surface area is 316 Å². The zero-order valence-electron chi connectivity index (χ0n) is 27.2. The fourth-order valence-electron chi connectivity index (χ4n) is 5.07. The van der Waals surface area contributed by atoms with E-state index in [1.165, 1.54) is 24.3 Å². The van der Waals surface area contributed by atoms with Crippen LogP contribution >= 0.6 is 0 Å². The molecule has 5 aromatic carbocycles. The summed E-state index contributed by atoms with van der Waals surface area (Å²) in [6.45, 7) is 0. The van der Waals surface area contributed by atoms with Crippen LogP contribution < -0.4 is 16.7 Å². The summed E-state index contributed by atoms with van der Waals surface area (Å²) >= 11 is 0. The molecule has 5 rings (SSSR count). The van der Waals surface area contributed by atoms with Crippen molar-refractivity contribution in [3.05, 3.63) is 84.9 Å². The van der Waals surface area contributed by atoms with Crippen LogP contribution in [0.3, 0.4) is 0 Å². The lowest BCUT2D eigenvalue weighted by atomic mass is 9.86. The average Bonchev–Trinajstić information content (AvgIpc) is 3.04. The Morgan fingerprint density at radius 3 is 0.690 bits per heavy atom. The lowest BCUT2D eigenvalue weighted by Gasteiger charge is -2.20. The van der Waals surface area contributed by atoms with E-state index in [0.29, 0.717) is 24.3 Å². The molecule has 58 heavy (non-hydrogen) atoms. The maximum Gasteiger partial charge on any atom is 0.534 e. The number of halogens is 12. The molecule has 0 unspecified atom stereocenters. The molecular weight excluding hydrogens is 909 g/mol. The highest BCUT2D eigenvalue weighted by atomic mass is 32.2. The molecule has 0 bridgehead atoms. The van der Waals surface area contributed by atoms with Gasteiger partial charge in [0.2, 0.25) is 0 Å². The van der Waals surface area contributed by atoms with Gasteiger partial charge in [-0.25, -0.2) is 0 Å². The standard InChI is InChI=1S/C30H14F12O12S4/c31-27(32,33)55(43,44)51-17-9-15(10-18(13-17)52-56(45,46)28(34,35)36)25-21-5-1-2-6-22(21)26(24-8-4-3-7-23(24)25)16-11-19(53-57(47,48)29(37,38)39)14-20(12-16)54-58(49,50)30(40,41)42/h1-14H. The zero-order chi connectivity index (χ0) is 43.7. The third-order valence-electron chi connectivity index (χ3n) is 7.23. The van der Waals surface area contributed by atoms with Gasteiger partial charge in [-0.15, -0.1) is 0 Å². The van der Waals surface area contributed by atoms with Crippen LogP contribution in [-0.4, -0.2) is 55.7 Å². The van der Waals surface area contributed by atoms with Gasteiger partial charge in [-0.3, -0.25) is 0 Å². The van der Waals surface area contributed by atoms with Crippen molar-refractivity contribution in [2.24, 2.45) is 0 Å². The summed E-state index contributed by atoms with van der Waals surface area (Å²) in [6.07, 6.45) is 0. The van der Waals surface area contributed by atoms with Crippen molar-refractivity contribution < 1.29 is 103 Å². The van der Waals surface area contributed by atoms with Gasteiger partial charge >= 0.3 is 62.5 Å². The van der Waals surface area contributed by atoms with E-state index in [2.05, 4.69) is 16.7 Å². The lowest BCUT2D eigenvalue weighted by molar-refractivity contribution is -0.0507. The van der Waals surface area contributed by atoms with Gasteiger partial charge in [-0.1, -0.05) is 48.5 Å². The van der Waals surface area contributed by atoms with E-state index in [0.717, 1.165) is 24.3 Å². The van der Waals surface area contributed by atoms with E-state index in [1.54, 1.807) is 0 Å². The molecule has 0 saturated carbocycles. The molecular formula is C30H14F12O12S4. The van der Waals surface area contributed by atoms with Crippen LogP contribution in [0, 0.1) is 0 Å². The minimum Gasteiger partial charge on any atom is -0.376 e. The van der Waals surface area contributed by atoms with Crippen molar-refractivity contribution >= 4 is 62.0 Å². The van der Waals surface area contributed by atoms with Crippen molar-refractivity contribution in [3.63, 3.8) is 0 Å². The monoisotopic (exact) mass is 922 g/mol. The van der Waals surface area contributed by atoms with Gasteiger partial charge in [0.1, 0.15) is 23.0 Å². The molecule has 0 aliphatic carbocycles. The molecule has 0 aliphatic heterocycles. The Balaban J connectivity index is 1.88. The van der Waals surface area contributed by atoms with Crippen LogP contribution in [-0.2, 0) is 40.5 Å². The summed E-state index contributed by atoms with van der Waals surface area (Å²) in [5, 5.41) is -0.792. The number of hydrogen-bond acceptors (Lipinski definition) is 12. The molecule has 12 nitrogen and oxygen atoms in total. The first-order chi connectivity index (χ1) is 26.2. The van der Waals surface area contributed by atoms with Gasteiger partial charge in [-0.05, 0) is 68.1 Å². The molecule has 0 amide bonds. The predicted octanol–water partition coefficient (Wildman–Crippen LogP) is 8.24. The van der Waals surface area contributed by atoms with Gasteiger partial charge < -0.3 is 16.7 Å². The molecule has 0 spiro atoms. The molecule has 0 atom stereocenters. The number of benzene rings is 5. The second-order valence-corrected chi connectivity index (χ2v) is 17.3. The van der Waals surface area contributed by atoms with Gasteiger partial charge in [-0.2, -0.15) is 86.4 Å². The summed E-state index contributed by atoms with van der Waals surface area (Å²) in [4.78, 5) is 0. The second-order valence-electron chi connectivity index (χ2n) is 11.2. The van der Waals surface area contributed by atoms with E-state index in [1.807, 2.05) is 0 Å². The number of rotatable bonds is 10. The fourth-order valence-corrected chi connectivity index (χ4v) is 6.85. The summed E-state index contributed by atoms with van der Waals surface area (Å²) < 4.78 is 270. The van der Waals surface area contributed by atoms with Crippen molar-refractivity contribution in [3.8, 4) is 45.3 Å². The van der Waals surface area contributed by atoms with E-state index in [-0.39, 0.29) is 44.8 Å². The number of hydrogen-bond donors (Lipinski definition) is 0. The Morgan fingerprint density at radius 1 is 0.328 bits per heavy atom. The predicted molar refractivity (Wildman–Crippen MR) is 175 cm³/mol. The Morgan fingerprint density at radius 2 is 0.517 bits per heavy atom. The van der Waals surface area contributed by atoms with Crippen LogP contribution in [0.1, 0.15) is 0 Å².